The molecule has 102 valence electrons. The number of nitrogens with zero attached hydrogens (tertiary/aromatic N) is 3. The van der Waals surface area contributed by atoms with Crippen molar-refractivity contribution in [2.75, 3.05) is 5.32 Å². The molecule has 0 bridgehead atoms. The minimum Gasteiger partial charge on any atom is -0.337 e. The second-order valence-corrected chi connectivity index (χ2v) is 4.70. The van der Waals surface area contributed by atoms with Gasteiger partial charge in [-0.15, -0.1) is 0 Å². The van der Waals surface area contributed by atoms with E-state index in [-0.39, 0.29) is 5.82 Å². The minimum absolute atomic E-state index is 0.266. The first kappa shape index (κ1) is 11.8. The van der Waals surface area contributed by atoms with Crippen LogP contribution in [0.15, 0.2) is 60.9 Å². The molecule has 1 N–H and O–H groups in total. The zero-order chi connectivity index (χ0) is 14.2. The van der Waals surface area contributed by atoms with Gasteiger partial charge in [-0.1, -0.05) is 12.1 Å². The first-order valence-corrected chi connectivity index (χ1v) is 6.56. The number of halogens is 1. The Morgan fingerprint density at radius 1 is 1.00 bits per heavy atom. The number of anilines is 2. The molecule has 0 aliphatic carbocycles. The molecule has 21 heavy (non-hydrogen) atoms. The van der Waals surface area contributed by atoms with Crippen molar-refractivity contribution in [3.8, 4) is 0 Å². The average molecular weight is 278 g/mol. The van der Waals surface area contributed by atoms with Gasteiger partial charge in [0.1, 0.15) is 5.82 Å². The van der Waals surface area contributed by atoms with Crippen LogP contribution in [0, 0.1) is 5.82 Å². The zero-order valence-corrected chi connectivity index (χ0v) is 11.0. The van der Waals surface area contributed by atoms with Crippen molar-refractivity contribution >= 4 is 28.2 Å². The van der Waals surface area contributed by atoms with Gasteiger partial charge in [0.25, 0.3) is 0 Å². The smallest absolute Gasteiger partial charge is 0.180 e. The third-order valence-corrected chi connectivity index (χ3v) is 3.33. The molecular formula is C16H11FN4. The molecule has 2 aromatic heterocycles. The summed E-state index contributed by atoms with van der Waals surface area (Å²) in [6.07, 6.45) is 3.63. The number of fused-ring (bicyclic) bond motifs is 3. The normalized spacial score (nSPS) is 11.1. The molecule has 0 fully saturated rings. The SMILES string of the molecule is Fc1ccc(Nc2nc3ccccc3n3ccnc23)cc1. The minimum atomic E-state index is -0.266. The summed E-state index contributed by atoms with van der Waals surface area (Å²) in [5.41, 5.74) is 3.37. The van der Waals surface area contributed by atoms with Crippen molar-refractivity contribution in [1.29, 1.82) is 0 Å². The predicted molar refractivity (Wildman–Crippen MR) is 80.2 cm³/mol. The third-order valence-electron chi connectivity index (χ3n) is 3.33. The lowest BCUT2D eigenvalue weighted by atomic mass is 10.3. The second-order valence-electron chi connectivity index (χ2n) is 4.70. The quantitative estimate of drug-likeness (QED) is 0.607. The maximum Gasteiger partial charge on any atom is 0.180 e. The lowest BCUT2D eigenvalue weighted by molar-refractivity contribution is 0.628. The van der Waals surface area contributed by atoms with Gasteiger partial charge in [0.05, 0.1) is 11.0 Å². The molecule has 0 spiro atoms. The Hall–Kier alpha value is -2.95. The van der Waals surface area contributed by atoms with Crippen molar-refractivity contribution in [2.45, 2.75) is 0 Å². The Labute approximate surface area is 119 Å². The van der Waals surface area contributed by atoms with Gasteiger partial charge in [-0.3, -0.25) is 4.40 Å². The summed E-state index contributed by atoms with van der Waals surface area (Å²) in [5.74, 6) is 0.378. The fraction of sp³-hybridized carbons (Fsp3) is 0. The van der Waals surface area contributed by atoms with Gasteiger partial charge in [0, 0.05) is 18.1 Å². The van der Waals surface area contributed by atoms with E-state index in [4.69, 9.17) is 0 Å². The highest BCUT2D eigenvalue weighted by Crippen LogP contribution is 2.23. The van der Waals surface area contributed by atoms with Crippen LogP contribution in [-0.4, -0.2) is 14.4 Å². The maximum atomic E-state index is 13.0. The lowest BCUT2D eigenvalue weighted by Crippen LogP contribution is -1.99. The zero-order valence-electron chi connectivity index (χ0n) is 11.0. The van der Waals surface area contributed by atoms with Crippen LogP contribution >= 0.6 is 0 Å². The highest BCUT2D eigenvalue weighted by atomic mass is 19.1. The molecule has 0 unspecified atom stereocenters. The molecule has 0 amide bonds. The maximum absolute atomic E-state index is 13.0. The number of rotatable bonds is 2. The number of nitrogens with one attached hydrogen (secondary N) is 1. The molecule has 2 aromatic carbocycles. The Morgan fingerprint density at radius 2 is 1.81 bits per heavy atom. The van der Waals surface area contributed by atoms with E-state index in [1.165, 1.54) is 12.1 Å². The van der Waals surface area contributed by atoms with Crippen molar-refractivity contribution in [1.82, 2.24) is 14.4 Å². The molecule has 0 aliphatic rings. The van der Waals surface area contributed by atoms with Crippen LogP contribution in [0.1, 0.15) is 0 Å². The number of hydrogen-bond donors (Lipinski definition) is 1. The van der Waals surface area contributed by atoms with E-state index in [0.717, 1.165) is 22.4 Å². The highest BCUT2D eigenvalue weighted by molar-refractivity contribution is 5.84. The second kappa shape index (κ2) is 4.56. The fourth-order valence-corrected chi connectivity index (χ4v) is 2.36. The van der Waals surface area contributed by atoms with Crippen molar-refractivity contribution in [2.24, 2.45) is 0 Å². The Bertz CT molecular complexity index is 928. The molecule has 0 atom stereocenters. The van der Waals surface area contributed by atoms with Crippen molar-refractivity contribution in [3.05, 3.63) is 66.7 Å². The molecule has 5 heteroatoms. The van der Waals surface area contributed by atoms with Crippen LogP contribution in [0.4, 0.5) is 15.9 Å². The largest absolute Gasteiger partial charge is 0.337 e. The Kier molecular flexibility index (Phi) is 2.57. The summed E-state index contributed by atoms with van der Waals surface area (Å²) in [6, 6.07) is 14.0. The molecule has 4 aromatic rings. The van der Waals surface area contributed by atoms with Gasteiger partial charge in [0.2, 0.25) is 0 Å². The molecule has 4 nitrogen and oxygen atoms in total. The summed E-state index contributed by atoms with van der Waals surface area (Å²) in [6.45, 7) is 0. The number of benzene rings is 2. The molecule has 0 saturated heterocycles. The van der Waals surface area contributed by atoms with E-state index < -0.39 is 0 Å². The molecule has 2 heterocycles. The fourth-order valence-electron chi connectivity index (χ4n) is 2.36. The monoisotopic (exact) mass is 278 g/mol. The first-order chi connectivity index (χ1) is 10.3. The predicted octanol–water partition coefficient (Wildman–Crippen LogP) is 3.77. The van der Waals surface area contributed by atoms with E-state index >= 15 is 0 Å². The Morgan fingerprint density at radius 3 is 2.67 bits per heavy atom. The molecular weight excluding hydrogens is 267 g/mol. The van der Waals surface area contributed by atoms with Crippen LogP contribution in [0.3, 0.4) is 0 Å². The van der Waals surface area contributed by atoms with Crippen LogP contribution in [0.2, 0.25) is 0 Å². The van der Waals surface area contributed by atoms with E-state index in [9.17, 15) is 4.39 Å². The number of hydrogen-bond acceptors (Lipinski definition) is 3. The van der Waals surface area contributed by atoms with Gasteiger partial charge in [-0.2, -0.15) is 0 Å². The van der Waals surface area contributed by atoms with E-state index in [1.54, 1.807) is 18.3 Å². The van der Waals surface area contributed by atoms with E-state index in [0.29, 0.717) is 5.82 Å². The molecule has 0 radical (unpaired) electrons. The molecule has 0 saturated carbocycles. The van der Waals surface area contributed by atoms with E-state index in [2.05, 4.69) is 15.3 Å². The number of aromatic nitrogens is 3. The molecule has 4 rings (SSSR count). The number of imidazole rings is 1. The summed E-state index contributed by atoms with van der Waals surface area (Å²) >= 11 is 0. The summed E-state index contributed by atoms with van der Waals surface area (Å²) in [4.78, 5) is 8.95. The van der Waals surface area contributed by atoms with Gasteiger partial charge in [0.15, 0.2) is 11.5 Å². The van der Waals surface area contributed by atoms with Crippen LogP contribution in [-0.2, 0) is 0 Å². The summed E-state index contributed by atoms with van der Waals surface area (Å²) < 4.78 is 15.0. The average Bonchev–Trinajstić information content (AvgIpc) is 3.00. The van der Waals surface area contributed by atoms with Crippen molar-refractivity contribution in [3.63, 3.8) is 0 Å². The van der Waals surface area contributed by atoms with Crippen LogP contribution in [0.5, 0.6) is 0 Å². The standard InChI is InChI=1S/C16H11FN4/c17-11-5-7-12(8-6-11)19-15-16-18-9-10-21(16)14-4-2-1-3-13(14)20-15/h1-10H,(H,19,20). The van der Waals surface area contributed by atoms with Gasteiger partial charge in [-0.25, -0.2) is 14.4 Å². The number of para-hydroxylation sites is 2. The topological polar surface area (TPSA) is 42.2 Å². The van der Waals surface area contributed by atoms with Gasteiger partial charge < -0.3 is 5.32 Å². The van der Waals surface area contributed by atoms with Gasteiger partial charge in [-0.05, 0) is 36.4 Å². The summed E-state index contributed by atoms with van der Waals surface area (Å²) in [7, 11) is 0. The van der Waals surface area contributed by atoms with Crippen LogP contribution in [0.25, 0.3) is 16.7 Å². The lowest BCUT2D eigenvalue weighted by Gasteiger charge is -2.09. The highest BCUT2D eigenvalue weighted by Gasteiger charge is 2.09. The molecule has 0 aliphatic heterocycles. The van der Waals surface area contributed by atoms with Gasteiger partial charge >= 0.3 is 0 Å². The first-order valence-electron chi connectivity index (χ1n) is 6.56. The van der Waals surface area contributed by atoms with Crippen molar-refractivity contribution < 1.29 is 4.39 Å². The van der Waals surface area contributed by atoms with Crippen LogP contribution < -0.4 is 5.32 Å². The van der Waals surface area contributed by atoms with E-state index in [1.807, 2.05) is 34.9 Å². The third kappa shape index (κ3) is 1.99. The Balaban J connectivity index is 1.90. The summed E-state index contributed by atoms with van der Waals surface area (Å²) in [5, 5.41) is 3.19.